The summed E-state index contributed by atoms with van der Waals surface area (Å²) in [5.41, 5.74) is 0.153. The predicted octanol–water partition coefficient (Wildman–Crippen LogP) is 2.87. The molecule has 0 fully saturated rings. The quantitative estimate of drug-likeness (QED) is 0.785. The minimum Gasteiger partial charge on any atom is -0.395 e. The summed E-state index contributed by atoms with van der Waals surface area (Å²) in [7, 11) is 0. The number of benzene rings is 1. The third-order valence-electron chi connectivity index (χ3n) is 3.50. The molecule has 0 aliphatic rings. The van der Waals surface area contributed by atoms with Gasteiger partial charge in [0.2, 0.25) is 0 Å². The van der Waals surface area contributed by atoms with E-state index in [1.807, 2.05) is 0 Å². The van der Waals surface area contributed by atoms with Crippen LogP contribution in [0, 0.1) is 11.7 Å². The summed E-state index contributed by atoms with van der Waals surface area (Å²) in [6.07, 6.45) is 2.71. The van der Waals surface area contributed by atoms with E-state index in [2.05, 4.69) is 13.8 Å². The van der Waals surface area contributed by atoms with Crippen LogP contribution in [0.15, 0.2) is 24.3 Å². The average Bonchev–Trinajstić information content (AvgIpc) is 2.36. The van der Waals surface area contributed by atoms with Crippen LogP contribution in [0.5, 0.6) is 0 Å². The minimum absolute atomic E-state index is 0.118. The Labute approximate surface area is 108 Å². The third kappa shape index (κ3) is 3.79. The summed E-state index contributed by atoms with van der Waals surface area (Å²) in [6.45, 7) is 4.06. The van der Waals surface area contributed by atoms with Gasteiger partial charge < -0.3 is 10.2 Å². The zero-order chi connectivity index (χ0) is 13.6. The van der Waals surface area contributed by atoms with Crippen molar-refractivity contribution >= 4 is 0 Å². The van der Waals surface area contributed by atoms with E-state index in [1.54, 1.807) is 12.1 Å². The molecule has 0 heterocycles. The lowest BCUT2D eigenvalue weighted by Gasteiger charge is -2.30. The fourth-order valence-electron chi connectivity index (χ4n) is 2.19. The molecule has 102 valence electrons. The Morgan fingerprint density at radius 2 is 1.67 bits per heavy atom. The predicted molar refractivity (Wildman–Crippen MR) is 70.9 cm³/mol. The average molecular weight is 254 g/mol. The standard InChI is InChI=1S/C15H23FO2/c1-12(2)4-3-9-15(10-17,11-18)13-5-7-14(16)8-6-13/h5-8,12,17-18H,3-4,9-11H2,1-2H3. The Hall–Kier alpha value is -0.930. The van der Waals surface area contributed by atoms with Crippen molar-refractivity contribution in [2.24, 2.45) is 5.92 Å². The molecule has 0 aliphatic carbocycles. The lowest BCUT2D eigenvalue weighted by Crippen LogP contribution is -2.35. The van der Waals surface area contributed by atoms with Gasteiger partial charge in [-0.3, -0.25) is 0 Å². The van der Waals surface area contributed by atoms with Crippen LogP contribution in [0.1, 0.15) is 38.7 Å². The SMILES string of the molecule is CC(C)CCCC(CO)(CO)c1ccc(F)cc1. The van der Waals surface area contributed by atoms with Crippen molar-refractivity contribution in [2.45, 2.75) is 38.5 Å². The van der Waals surface area contributed by atoms with Gasteiger partial charge in [0.15, 0.2) is 0 Å². The van der Waals surface area contributed by atoms with E-state index in [0.717, 1.165) is 18.4 Å². The second-order valence-corrected chi connectivity index (χ2v) is 5.39. The molecule has 3 heteroatoms. The molecular weight excluding hydrogens is 231 g/mol. The van der Waals surface area contributed by atoms with Gasteiger partial charge in [0.05, 0.1) is 13.2 Å². The fourth-order valence-corrected chi connectivity index (χ4v) is 2.19. The Morgan fingerprint density at radius 1 is 1.11 bits per heavy atom. The van der Waals surface area contributed by atoms with Crippen LogP contribution >= 0.6 is 0 Å². The Bertz CT molecular complexity index is 342. The van der Waals surface area contributed by atoms with Gasteiger partial charge in [0.25, 0.3) is 0 Å². The number of hydrogen-bond acceptors (Lipinski definition) is 2. The van der Waals surface area contributed by atoms with Gasteiger partial charge in [-0.05, 0) is 30.0 Å². The van der Waals surface area contributed by atoms with Crippen LogP contribution < -0.4 is 0 Å². The maximum atomic E-state index is 12.9. The highest BCUT2D eigenvalue weighted by Gasteiger charge is 2.30. The van der Waals surface area contributed by atoms with E-state index >= 15 is 0 Å². The van der Waals surface area contributed by atoms with Crippen LogP contribution in [0.25, 0.3) is 0 Å². The summed E-state index contributed by atoms with van der Waals surface area (Å²) in [6, 6.07) is 6.05. The molecule has 0 amide bonds. The van der Waals surface area contributed by atoms with Crippen LogP contribution in [0.2, 0.25) is 0 Å². The molecule has 0 unspecified atom stereocenters. The van der Waals surface area contributed by atoms with Gasteiger partial charge in [0, 0.05) is 5.41 Å². The van der Waals surface area contributed by atoms with Crippen LogP contribution in [0.4, 0.5) is 4.39 Å². The summed E-state index contributed by atoms with van der Waals surface area (Å²) >= 11 is 0. The number of halogens is 1. The first-order chi connectivity index (χ1) is 8.54. The second-order valence-electron chi connectivity index (χ2n) is 5.39. The topological polar surface area (TPSA) is 40.5 Å². The molecule has 0 saturated carbocycles. The second kappa shape index (κ2) is 6.86. The third-order valence-corrected chi connectivity index (χ3v) is 3.50. The normalized spacial score (nSPS) is 12.1. The van der Waals surface area contributed by atoms with Crippen molar-refractivity contribution < 1.29 is 14.6 Å². The lowest BCUT2D eigenvalue weighted by atomic mass is 9.77. The molecule has 0 aliphatic heterocycles. The smallest absolute Gasteiger partial charge is 0.123 e. The highest BCUT2D eigenvalue weighted by Crippen LogP contribution is 2.30. The van der Waals surface area contributed by atoms with E-state index in [1.165, 1.54) is 12.1 Å². The Kier molecular flexibility index (Phi) is 5.76. The molecule has 0 atom stereocenters. The molecule has 2 nitrogen and oxygen atoms in total. The van der Waals surface area contributed by atoms with Crippen LogP contribution in [-0.4, -0.2) is 23.4 Å². The van der Waals surface area contributed by atoms with Gasteiger partial charge in [-0.1, -0.05) is 38.8 Å². The summed E-state index contributed by atoms with van der Waals surface area (Å²) in [5.74, 6) is 0.305. The fraction of sp³-hybridized carbons (Fsp3) is 0.600. The number of aliphatic hydroxyl groups excluding tert-OH is 2. The number of rotatable bonds is 7. The highest BCUT2D eigenvalue weighted by atomic mass is 19.1. The summed E-state index contributed by atoms with van der Waals surface area (Å²) in [4.78, 5) is 0. The highest BCUT2D eigenvalue weighted by molar-refractivity contribution is 5.26. The number of hydrogen-bond donors (Lipinski definition) is 2. The van der Waals surface area contributed by atoms with E-state index < -0.39 is 5.41 Å². The summed E-state index contributed by atoms with van der Waals surface area (Å²) < 4.78 is 12.9. The molecule has 1 aromatic carbocycles. The molecule has 2 N–H and O–H groups in total. The molecule has 0 spiro atoms. The summed E-state index contributed by atoms with van der Waals surface area (Å²) in [5, 5.41) is 19.2. The zero-order valence-corrected chi connectivity index (χ0v) is 11.2. The van der Waals surface area contributed by atoms with E-state index in [4.69, 9.17) is 0 Å². The van der Waals surface area contributed by atoms with Crippen molar-refractivity contribution in [3.05, 3.63) is 35.6 Å². The molecule has 18 heavy (non-hydrogen) atoms. The monoisotopic (exact) mass is 254 g/mol. The first kappa shape index (κ1) is 15.1. The van der Waals surface area contributed by atoms with Gasteiger partial charge in [-0.25, -0.2) is 4.39 Å². The van der Waals surface area contributed by atoms with Gasteiger partial charge >= 0.3 is 0 Å². The minimum atomic E-state index is -0.650. The van der Waals surface area contributed by atoms with E-state index in [9.17, 15) is 14.6 Å². The van der Waals surface area contributed by atoms with Crippen molar-refractivity contribution in [3.8, 4) is 0 Å². The maximum absolute atomic E-state index is 12.9. The lowest BCUT2D eigenvalue weighted by molar-refractivity contribution is 0.106. The molecule has 0 radical (unpaired) electrons. The van der Waals surface area contributed by atoms with Crippen LogP contribution in [-0.2, 0) is 5.41 Å². The molecule has 0 aromatic heterocycles. The van der Waals surface area contributed by atoms with Crippen molar-refractivity contribution in [1.29, 1.82) is 0 Å². The van der Waals surface area contributed by atoms with Gasteiger partial charge in [-0.2, -0.15) is 0 Å². The van der Waals surface area contributed by atoms with Crippen molar-refractivity contribution in [2.75, 3.05) is 13.2 Å². The van der Waals surface area contributed by atoms with Crippen molar-refractivity contribution in [1.82, 2.24) is 0 Å². The molecular formula is C15H23FO2. The van der Waals surface area contributed by atoms with E-state index in [0.29, 0.717) is 12.3 Å². The molecule has 1 aromatic rings. The molecule has 1 rings (SSSR count). The van der Waals surface area contributed by atoms with Gasteiger partial charge in [-0.15, -0.1) is 0 Å². The van der Waals surface area contributed by atoms with E-state index in [-0.39, 0.29) is 19.0 Å². The van der Waals surface area contributed by atoms with Crippen molar-refractivity contribution in [3.63, 3.8) is 0 Å². The molecule has 0 bridgehead atoms. The largest absolute Gasteiger partial charge is 0.395 e. The first-order valence-electron chi connectivity index (χ1n) is 6.52. The number of aliphatic hydroxyl groups is 2. The molecule has 0 saturated heterocycles. The Morgan fingerprint density at radius 3 is 2.11 bits per heavy atom. The van der Waals surface area contributed by atoms with Gasteiger partial charge in [0.1, 0.15) is 5.82 Å². The maximum Gasteiger partial charge on any atom is 0.123 e. The first-order valence-corrected chi connectivity index (χ1v) is 6.52. The Balaban J connectivity index is 2.81. The zero-order valence-electron chi connectivity index (χ0n) is 11.2. The van der Waals surface area contributed by atoms with Crippen LogP contribution in [0.3, 0.4) is 0 Å².